The normalized spacial score (nSPS) is 27.1. The summed E-state index contributed by atoms with van der Waals surface area (Å²) in [5, 5.41) is 3.14. The zero-order valence-electron chi connectivity index (χ0n) is 13.3. The highest BCUT2D eigenvalue weighted by molar-refractivity contribution is 7.91. The van der Waals surface area contributed by atoms with Gasteiger partial charge in [-0.1, -0.05) is 0 Å². The predicted molar refractivity (Wildman–Crippen MR) is 83.0 cm³/mol. The zero-order valence-corrected chi connectivity index (χ0v) is 14.1. The molecule has 6 nitrogen and oxygen atoms in total. The Morgan fingerprint density at radius 1 is 1.29 bits per heavy atom. The number of carbonyl (C=O) groups excluding carboxylic acids is 1. The van der Waals surface area contributed by atoms with Gasteiger partial charge in [-0.2, -0.15) is 0 Å². The first-order chi connectivity index (χ1) is 9.74. The van der Waals surface area contributed by atoms with Crippen LogP contribution in [0.4, 0.5) is 0 Å². The first-order valence-corrected chi connectivity index (χ1v) is 9.41. The molecule has 1 amide bonds. The van der Waals surface area contributed by atoms with E-state index < -0.39 is 9.84 Å². The number of rotatable bonds is 5. The lowest BCUT2D eigenvalue weighted by Gasteiger charge is -2.49. The third-order valence-corrected chi connectivity index (χ3v) is 6.65. The number of sulfone groups is 1. The molecule has 122 valence electrons. The van der Waals surface area contributed by atoms with E-state index in [1.165, 1.54) is 6.42 Å². The molecule has 0 spiro atoms. The summed E-state index contributed by atoms with van der Waals surface area (Å²) < 4.78 is 23.2. The van der Waals surface area contributed by atoms with Crippen LogP contribution in [0.5, 0.6) is 0 Å². The van der Waals surface area contributed by atoms with Crippen molar-refractivity contribution in [3.63, 3.8) is 0 Å². The fourth-order valence-corrected chi connectivity index (χ4v) is 4.67. The molecule has 1 aliphatic carbocycles. The third-order valence-electron chi connectivity index (χ3n) is 4.91. The Morgan fingerprint density at radius 3 is 2.43 bits per heavy atom. The highest BCUT2D eigenvalue weighted by atomic mass is 32.2. The van der Waals surface area contributed by atoms with Gasteiger partial charge in [0.05, 0.1) is 11.5 Å². The summed E-state index contributed by atoms with van der Waals surface area (Å²) in [7, 11) is 2.96. The van der Waals surface area contributed by atoms with E-state index in [2.05, 4.69) is 24.3 Å². The Labute approximate surface area is 127 Å². The molecule has 0 aromatic heterocycles. The molecular weight excluding hydrogens is 290 g/mol. The van der Waals surface area contributed by atoms with E-state index in [1.807, 2.05) is 7.05 Å². The number of nitrogens with zero attached hydrogens (tertiary/aromatic N) is 2. The Morgan fingerprint density at radius 2 is 1.95 bits per heavy atom. The molecule has 7 heteroatoms. The van der Waals surface area contributed by atoms with Crippen molar-refractivity contribution < 1.29 is 13.2 Å². The molecule has 0 aromatic carbocycles. The minimum Gasteiger partial charge on any atom is -0.344 e. The average Bonchev–Trinajstić information content (AvgIpc) is 2.31. The van der Waals surface area contributed by atoms with Crippen LogP contribution < -0.4 is 5.32 Å². The van der Waals surface area contributed by atoms with Crippen LogP contribution >= 0.6 is 0 Å². The van der Waals surface area contributed by atoms with Gasteiger partial charge in [-0.05, 0) is 33.4 Å². The van der Waals surface area contributed by atoms with E-state index in [0.29, 0.717) is 6.54 Å². The van der Waals surface area contributed by atoms with Crippen molar-refractivity contribution in [1.82, 2.24) is 15.1 Å². The van der Waals surface area contributed by atoms with Crippen LogP contribution in [0.3, 0.4) is 0 Å². The molecule has 0 bridgehead atoms. The Hall–Kier alpha value is -0.660. The molecular formula is C14H27N3O3S. The molecule has 21 heavy (non-hydrogen) atoms. The Kier molecular flexibility index (Phi) is 4.95. The van der Waals surface area contributed by atoms with Crippen LogP contribution in [0.2, 0.25) is 0 Å². The first kappa shape index (κ1) is 16.7. The summed E-state index contributed by atoms with van der Waals surface area (Å²) in [6, 6.07) is -0.240. The maximum absolute atomic E-state index is 12.3. The summed E-state index contributed by atoms with van der Waals surface area (Å²) in [6.07, 6.45) is 3.71. The number of likely N-dealkylation sites (N-methyl/N-ethyl adjacent to an activating group) is 2. The molecule has 2 aliphatic rings. The summed E-state index contributed by atoms with van der Waals surface area (Å²) in [5.41, 5.74) is 0.108. The Bertz CT molecular complexity index is 486. The van der Waals surface area contributed by atoms with E-state index in [0.717, 1.165) is 19.4 Å². The van der Waals surface area contributed by atoms with Gasteiger partial charge in [0.2, 0.25) is 5.91 Å². The van der Waals surface area contributed by atoms with Crippen molar-refractivity contribution in [1.29, 1.82) is 0 Å². The van der Waals surface area contributed by atoms with Gasteiger partial charge in [-0.15, -0.1) is 0 Å². The van der Waals surface area contributed by atoms with E-state index >= 15 is 0 Å². The number of carbonyl (C=O) groups is 1. The summed E-state index contributed by atoms with van der Waals surface area (Å²) in [5.74, 6) is 0.278. The molecule has 1 saturated carbocycles. The quantitative estimate of drug-likeness (QED) is 0.754. The number of nitrogens with one attached hydrogen (secondary N) is 1. The molecule has 1 N–H and O–H groups in total. The SMILES string of the molecule is CN(CC1(N(C)C)CCC1)C(=O)CC1CS(=O)(=O)CCN1. The second-order valence-electron chi connectivity index (χ2n) is 6.69. The van der Waals surface area contributed by atoms with Gasteiger partial charge in [0.25, 0.3) is 0 Å². The number of hydrogen-bond donors (Lipinski definition) is 1. The van der Waals surface area contributed by atoms with Crippen LogP contribution in [0.25, 0.3) is 0 Å². The van der Waals surface area contributed by atoms with Crippen molar-refractivity contribution in [3.05, 3.63) is 0 Å². The van der Waals surface area contributed by atoms with E-state index in [9.17, 15) is 13.2 Å². The van der Waals surface area contributed by atoms with Gasteiger partial charge in [0.1, 0.15) is 0 Å². The van der Waals surface area contributed by atoms with Crippen molar-refractivity contribution in [2.45, 2.75) is 37.3 Å². The van der Waals surface area contributed by atoms with E-state index in [-0.39, 0.29) is 35.4 Å². The van der Waals surface area contributed by atoms with Gasteiger partial charge < -0.3 is 15.1 Å². The van der Waals surface area contributed by atoms with Gasteiger partial charge in [-0.3, -0.25) is 4.79 Å². The summed E-state index contributed by atoms with van der Waals surface area (Å²) in [6.45, 7) is 1.17. The molecule has 2 rings (SSSR count). The van der Waals surface area contributed by atoms with Crippen LogP contribution in [0.1, 0.15) is 25.7 Å². The average molecular weight is 317 g/mol. The monoisotopic (exact) mass is 317 g/mol. The topological polar surface area (TPSA) is 69.7 Å². The predicted octanol–water partition coefficient (Wildman–Crippen LogP) is -0.294. The van der Waals surface area contributed by atoms with Gasteiger partial charge in [0.15, 0.2) is 9.84 Å². The highest BCUT2D eigenvalue weighted by Gasteiger charge is 2.41. The van der Waals surface area contributed by atoms with Gasteiger partial charge >= 0.3 is 0 Å². The molecule has 1 saturated heterocycles. The second kappa shape index (κ2) is 6.22. The summed E-state index contributed by atoms with van der Waals surface area (Å²) >= 11 is 0. The van der Waals surface area contributed by atoms with E-state index in [4.69, 9.17) is 0 Å². The highest BCUT2D eigenvalue weighted by Crippen LogP contribution is 2.36. The van der Waals surface area contributed by atoms with Crippen molar-refractivity contribution in [2.24, 2.45) is 0 Å². The molecule has 0 aromatic rings. The molecule has 1 atom stereocenters. The molecule has 1 unspecified atom stereocenters. The van der Waals surface area contributed by atoms with E-state index in [1.54, 1.807) is 4.90 Å². The Balaban J connectivity index is 1.88. The zero-order chi connectivity index (χ0) is 15.7. The van der Waals surface area contributed by atoms with Crippen molar-refractivity contribution >= 4 is 15.7 Å². The van der Waals surface area contributed by atoms with Crippen LogP contribution in [0.15, 0.2) is 0 Å². The van der Waals surface area contributed by atoms with Crippen LogP contribution in [0, 0.1) is 0 Å². The minimum atomic E-state index is -2.99. The standard InChI is InChI=1S/C14H27N3O3S/c1-16(2)14(5-4-6-14)11-17(3)13(18)9-12-10-21(19,20)8-7-15-12/h12,15H,4-11H2,1-3H3. The maximum Gasteiger partial charge on any atom is 0.223 e. The fraction of sp³-hybridized carbons (Fsp3) is 0.929. The molecule has 1 aliphatic heterocycles. The molecule has 1 heterocycles. The molecule has 0 radical (unpaired) electrons. The van der Waals surface area contributed by atoms with Crippen LogP contribution in [-0.4, -0.2) is 81.4 Å². The second-order valence-corrected chi connectivity index (χ2v) is 8.92. The molecule has 2 fully saturated rings. The summed E-state index contributed by atoms with van der Waals surface area (Å²) in [4.78, 5) is 16.3. The largest absolute Gasteiger partial charge is 0.344 e. The third kappa shape index (κ3) is 3.96. The van der Waals surface area contributed by atoms with Crippen LogP contribution in [-0.2, 0) is 14.6 Å². The first-order valence-electron chi connectivity index (χ1n) is 7.59. The van der Waals surface area contributed by atoms with Gasteiger partial charge in [0, 0.05) is 38.1 Å². The lowest BCUT2D eigenvalue weighted by molar-refractivity contribution is -0.133. The lowest BCUT2D eigenvalue weighted by Crippen LogP contribution is -2.58. The number of amides is 1. The van der Waals surface area contributed by atoms with Crippen molar-refractivity contribution in [2.75, 3.05) is 45.7 Å². The maximum atomic E-state index is 12.3. The smallest absolute Gasteiger partial charge is 0.223 e. The lowest BCUT2D eigenvalue weighted by atomic mass is 9.75. The van der Waals surface area contributed by atoms with Crippen molar-refractivity contribution in [3.8, 4) is 0 Å². The minimum absolute atomic E-state index is 0.0257. The fourth-order valence-electron chi connectivity index (χ4n) is 3.23. The van der Waals surface area contributed by atoms with Gasteiger partial charge in [-0.25, -0.2) is 8.42 Å². The number of hydrogen-bond acceptors (Lipinski definition) is 5.